The number of nitrogens with one attached hydrogen (secondary N) is 1. The van der Waals surface area contributed by atoms with Crippen molar-refractivity contribution >= 4 is 23.3 Å². The number of hydrogen-bond donors (Lipinski definition) is 1. The Morgan fingerprint density at radius 1 is 1.24 bits per heavy atom. The predicted molar refractivity (Wildman–Crippen MR) is 90.9 cm³/mol. The Balaban J connectivity index is 1.55. The molecule has 0 saturated heterocycles. The molecule has 1 aromatic carbocycles. The van der Waals surface area contributed by atoms with Crippen LogP contribution in [0.1, 0.15) is 11.7 Å². The number of nitrogens with zero attached hydrogens (tertiary/aromatic N) is 4. The number of likely N-dealkylation sites (N-methyl/N-ethyl adjacent to an activating group) is 1. The van der Waals surface area contributed by atoms with Gasteiger partial charge in [-0.25, -0.2) is 0 Å². The molecule has 3 aromatic rings. The summed E-state index contributed by atoms with van der Waals surface area (Å²) in [6, 6.07) is 8.79. The molecular weight excluding hydrogens is 346 g/mol. The SMILES string of the molecule is Cc1cc(NC(=O)CN(C)Cc2nc(-c3ccc(Cl)cc3)no2)no1. The van der Waals surface area contributed by atoms with Crippen LogP contribution < -0.4 is 5.32 Å². The largest absolute Gasteiger partial charge is 0.360 e. The molecule has 1 amide bonds. The normalized spacial score (nSPS) is 11.0. The molecule has 0 aliphatic heterocycles. The fourth-order valence-corrected chi connectivity index (χ4v) is 2.30. The first kappa shape index (κ1) is 17.1. The number of aromatic nitrogens is 3. The molecule has 2 heterocycles. The van der Waals surface area contributed by atoms with Crippen molar-refractivity contribution in [3.63, 3.8) is 0 Å². The van der Waals surface area contributed by atoms with Gasteiger partial charge in [0.1, 0.15) is 5.76 Å². The Hall–Kier alpha value is -2.71. The van der Waals surface area contributed by atoms with Gasteiger partial charge in [0.15, 0.2) is 5.82 Å². The monoisotopic (exact) mass is 361 g/mol. The highest BCUT2D eigenvalue weighted by molar-refractivity contribution is 6.30. The molecule has 0 spiro atoms. The summed E-state index contributed by atoms with van der Waals surface area (Å²) < 4.78 is 10.1. The van der Waals surface area contributed by atoms with Crippen LogP contribution in [0.5, 0.6) is 0 Å². The number of anilines is 1. The van der Waals surface area contributed by atoms with E-state index in [9.17, 15) is 4.79 Å². The topological polar surface area (TPSA) is 97.3 Å². The summed E-state index contributed by atoms with van der Waals surface area (Å²) >= 11 is 5.86. The highest BCUT2D eigenvalue weighted by atomic mass is 35.5. The van der Waals surface area contributed by atoms with Crippen LogP contribution in [-0.2, 0) is 11.3 Å². The Morgan fingerprint density at radius 2 is 2.00 bits per heavy atom. The molecule has 8 nitrogen and oxygen atoms in total. The van der Waals surface area contributed by atoms with E-state index in [4.69, 9.17) is 20.6 Å². The zero-order valence-corrected chi connectivity index (χ0v) is 14.4. The van der Waals surface area contributed by atoms with Crippen molar-refractivity contribution in [3.8, 4) is 11.4 Å². The van der Waals surface area contributed by atoms with Crippen molar-refractivity contribution in [1.82, 2.24) is 20.2 Å². The van der Waals surface area contributed by atoms with Gasteiger partial charge < -0.3 is 14.4 Å². The van der Waals surface area contributed by atoms with Crippen molar-refractivity contribution in [1.29, 1.82) is 0 Å². The van der Waals surface area contributed by atoms with Gasteiger partial charge in [0.05, 0.1) is 13.1 Å². The van der Waals surface area contributed by atoms with Gasteiger partial charge in [-0.3, -0.25) is 9.69 Å². The van der Waals surface area contributed by atoms with Gasteiger partial charge in [-0.05, 0) is 38.2 Å². The molecule has 0 atom stereocenters. The Morgan fingerprint density at radius 3 is 2.68 bits per heavy atom. The van der Waals surface area contributed by atoms with Crippen molar-refractivity contribution in [2.45, 2.75) is 13.5 Å². The smallest absolute Gasteiger partial charge is 0.241 e. The summed E-state index contributed by atoms with van der Waals surface area (Å²) in [4.78, 5) is 18.0. The lowest BCUT2D eigenvalue weighted by Gasteiger charge is -2.12. The van der Waals surface area contributed by atoms with Crippen molar-refractivity contribution < 1.29 is 13.8 Å². The number of carbonyl (C=O) groups is 1. The van der Waals surface area contributed by atoms with Crippen LogP contribution in [0, 0.1) is 6.92 Å². The van der Waals surface area contributed by atoms with E-state index in [0.717, 1.165) is 5.56 Å². The van der Waals surface area contributed by atoms with E-state index in [-0.39, 0.29) is 12.5 Å². The maximum absolute atomic E-state index is 12.0. The summed E-state index contributed by atoms with van der Waals surface area (Å²) in [5, 5.41) is 10.9. The van der Waals surface area contributed by atoms with Crippen LogP contribution in [0.15, 0.2) is 39.4 Å². The van der Waals surface area contributed by atoms with E-state index >= 15 is 0 Å². The van der Waals surface area contributed by atoms with Gasteiger partial charge in [0, 0.05) is 16.7 Å². The first-order valence-electron chi connectivity index (χ1n) is 7.50. The number of rotatable bonds is 6. The second kappa shape index (κ2) is 7.45. The average Bonchev–Trinajstić information content (AvgIpc) is 3.17. The first-order valence-corrected chi connectivity index (χ1v) is 7.87. The van der Waals surface area contributed by atoms with Crippen LogP contribution in [0.2, 0.25) is 5.02 Å². The fraction of sp³-hybridized carbons (Fsp3) is 0.250. The fourth-order valence-electron chi connectivity index (χ4n) is 2.17. The maximum atomic E-state index is 12.0. The van der Waals surface area contributed by atoms with Gasteiger partial charge in [-0.15, -0.1) is 0 Å². The zero-order valence-electron chi connectivity index (χ0n) is 13.7. The molecule has 0 fully saturated rings. The second-order valence-electron chi connectivity index (χ2n) is 5.56. The summed E-state index contributed by atoms with van der Waals surface area (Å²) in [6.45, 7) is 2.24. The standard InChI is InChI=1S/C16H16ClN5O3/c1-10-7-13(20-24-10)18-14(23)8-22(2)9-15-19-16(21-25-15)11-3-5-12(17)6-4-11/h3-7H,8-9H2,1-2H3,(H,18,20,23). The second-order valence-corrected chi connectivity index (χ2v) is 6.00. The van der Waals surface area contributed by atoms with Crippen LogP contribution in [0.4, 0.5) is 5.82 Å². The van der Waals surface area contributed by atoms with Gasteiger partial charge in [-0.1, -0.05) is 21.9 Å². The third kappa shape index (κ3) is 4.65. The summed E-state index contributed by atoms with van der Waals surface area (Å²) in [5.41, 5.74) is 0.807. The van der Waals surface area contributed by atoms with Gasteiger partial charge in [0.25, 0.3) is 0 Å². The molecule has 0 aliphatic rings. The average molecular weight is 362 g/mol. The molecular formula is C16H16ClN5O3. The Kier molecular flexibility index (Phi) is 5.11. The molecule has 0 bridgehead atoms. The lowest BCUT2D eigenvalue weighted by Crippen LogP contribution is -2.30. The third-order valence-corrected chi connectivity index (χ3v) is 3.54. The minimum atomic E-state index is -0.215. The van der Waals surface area contributed by atoms with E-state index in [1.807, 2.05) is 12.1 Å². The highest BCUT2D eigenvalue weighted by Gasteiger charge is 2.14. The lowest BCUT2D eigenvalue weighted by molar-refractivity contribution is -0.117. The lowest BCUT2D eigenvalue weighted by atomic mass is 10.2. The maximum Gasteiger partial charge on any atom is 0.241 e. The first-order chi connectivity index (χ1) is 12.0. The molecule has 0 saturated carbocycles. The Labute approximate surface area is 148 Å². The van der Waals surface area contributed by atoms with Gasteiger partial charge in [-0.2, -0.15) is 4.98 Å². The predicted octanol–water partition coefficient (Wildman–Crippen LogP) is 2.76. The van der Waals surface area contributed by atoms with Gasteiger partial charge >= 0.3 is 0 Å². The number of halogens is 1. The molecule has 0 radical (unpaired) electrons. The number of amides is 1. The van der Waals surface area contributed by atoms with Crippen molar-refractivity contribution in [3.05, 3.63) is 47.0 Å². The molecule has 0 aliphatic carbocycles. The third-order valence-electron chi connectivity index (χ3n) is 3.28. The van der Waals surface area contributed by atoms with Crippen LogP contribution >= 0.6 is 11.6 Å². The minimum absolute atomic E-state index is 0.143. The molecule has 9 heteroatoms. The van der Waals surface area contributed by atoms with Crippen LogP contribution in [-0.4, -0.2) is 39.7 Å². The number of hydrogen-bond acceptors (Lipinski definition) is 7. The Bertz CT molecular complexity index is 859. The van der Waals surface area contributed by atoms with E-state index in [1.165, 1.54) is 0 Å². The van der Waals surface area contributed by atoms with Crippen molar-refractivity contribution in [2.75, 3.05) is 18.9 Å². The zero-order chi connectivity index (χ0) is 17.8. The van der Waals surface area contributed by atoms with E-state index in [2.05, 4.69) is 20.6 Å². The molecule has 130 valence electrons. The summed E-state index contributed by atoms with van der Waals surface area (Å²) in [7, 11) is 1.78. The summed E-state index contributed by atoms with van der Waals surface area (Å²) in [6.07, 6.45) is 0. The minimum Gasteiger partial charge on any atom is -0.360 e. The van der Waals surface area contributed by atoms with E-state index in [1.54, 1.807) is 37.1 Å². The van der Waals surface area contributed by atoms with Crippen LogP contribution in [0.25, 0.3) is 11.4 Å². The number of carbonyl (C=O) groups excluding carboxylic acids is 1. The van der Waals surface area contributed by atoms with Crippen LogP contribution in [0.3, 0.4) is 0 Å². The number of benzene rings is 1. The van der Waals surface area contributed by atoms with E-state index < -0.39 is 0 Å². The molecule has 3 rings (SSSR count). The molecule has 0 unspecified atom stereocenters. The molecule has 2 aromatic heterocycles. The molecule has 1 N–H and O–H groups in total. The van der Waals surface area contributed by atoms with E-state index in [0.29, 0.717) is 34.9 Å². The van der Waals surface area contributed by atoms with Crippen molar-refractivity contribution in [2.24, 2.45) is 0 Å². The molecule has 25 heavy (non-hydrogen) atoms. The summed E-state index contributed by atoms with van der Waals surface area (Å²) in [5.74, 6) is 1.69. The highest BCUT2D eigenvalue weighted by Crippen LogP contribution is 2.19. The number of aryl methyl sites for hydroxylation is 1. The van der Waals surface area contributed by atoms with Gasteiger partial charge in [0.2, 0.25) is 17.6 Å². The quantitative estimate of drug-likeness (QED) is 0.720.